The molecular formula is C27H39F3O. The molecule has 174 valence electrons. The van der Waals surface area contributed by atoms with Gasteiger partial charge in [0.2, 0.25) is 0 Å². The van der Waals surface area contributed by atoms with Crippen molar-refractivity contribution >= 4 is 0 Å². The van der Waals surface area contributed by atoms with E-state index in [1.807, 2.05) is 12.1 Å². The van der Waals surface area contributed by atoms with Crippen LogP contribution in [0, 0.1) is 11.3 Å². The van der Waals surface area contributed by atoms with Crippen LogP contribution in [-0.2, 0) is 0 Å². The lowest BCUT2D eigenvalue weighted by atomic mass is 9.58. The van der Waals surface area contributed by atoms with E-state index >= 15 is 0 Å². The summed E-state index contributed by atoms with van der Waals surface area (Å²) in [6.07, 6.45) is 17.9. The number of hydrogen-bond donors (Lipinski definition) is 0. The maximum absolute atomic E-state index is 13.0. The second-order valence-corrected chi connectivity index (χ2v) is 9.84. The summed E-state index contributed by atoms with van der Waals surface area (Å²) in [7, 11) is 0. The summed E-state index contributed by atoms with van der Waals surface area (Å²) in [6, 6.07) is 5.20. The maximum Gasteiger partial charge on any atom is 0.344 e. The van der Waals surface area contributed by atoms with Gasteiger partial charge in [-0.2, -0.15) is 13.2 Å². The molecule has 1 aromatic rings. The summed E-state index contributed by atoms with van der Waals surface area (Å²) >= 11 is 0. The van der Waals surface area contributed by atoms with Gasteiger partial charge in [-0.3, -0.25) is 0 Å². The molecule has 1 nitrogen and oxygen atoms in total. The summed E-state index contributed by atoms with van der Waals surface area (Å²) in [5, 5.41) is 0. The van der Waals surface area contributed by atoms with E-state index in [0.717, 1.165) is 5.92 Å². The fourth-order valence-electron chi connectivity index (χ4n) is 6.19. The molecule has 3 rings (SSSR count). The quantitative estimate of drug-likeness (QED) is 0.262. The number of halogens is 3. The molecule has 4 heteroatoms. The minimum Gasteiger partial charge on any atom is -0.428 e. The molecule has 2 aliphatic rings. The number of rotatable bonds is 10. The first-order valence-corrected chi connectivity index (χ1v) is 12.5. The Morgan fingerprint density at radius 2 is 1.52 bits per heavy atom. The van der Waals surface area contributed by atoms with Crippen LogP contribution in [-0.4, -0.2) is 0 Å². The summed E-state index contributed by atoms with van der Waals surface area (Å²) in [6.45, 7) is 2.28. The Kier molecular flexibility index (Phi) is 9.34. The van der Waals surface area contributed by atoms with Crippen molar-refractivity contribution in [3.8, 4) is 5.75 Å². The van der Waals surface area contributed by atoms with E-state index in [1.165, 1.54) is 102 Å². The van der Waals surface area contributed by atoms with Gasteiger partial charge in [-0.15, -0.1) is 0 Å². The van der Waals surface area contributed by atoms with Crippen molar-refractivity contribution in [3.63, 3.8) is 0 Å². The predicted molar refractivity (Wildman–Crippen MR) is 121 cm³/mol. The van der Waals surface area contributed by atoms with Crippen molar-refractivity contribution in [2.75, 3.05) is 0 Å². The smallest absolute Gasteiger partial charge is 0.344 e. The Hall–Kier alpha value is -1.45. The molecule has 0 heterocycles. The third-order valence-electron chi connectivity index (χ3n) is 7.93. The minimum absolute atomic E-state index is 0.118. The average Bonchev–Trinajstić information content (AvgIpc) is 2.80. The van der Waals surface area contributed by atoms with Crippen molar-refractivity contribution in [2.45, 2.75) is 109 Å². The van der Waals surface area contributed by atoms with Crippen molar-refractivity contribution in [1.82, 2.24) is 0 Å². The fraction of sp³-hybridized carbons (Fsp3) is 0.704. The van der Waals surface area contributed by atoms with E-state index in [4.69, 9.17) is 0 Å². The number of unbranched alkanes of at least 4 members (excludes halogenated alkanes) is 4. The number of ether oxygens (including phenoxy) is 1. The van der Waals surface area contributed by atoms with E-state index in [9.17, 15) is 13.2 Å². The van der Waals surface area contributed by atoms with Crippen LogP contribution in [0.4, 0.5) is 13.2 Å². The lowest BCUT2D eigenvalue weighted by Gasteiger charge is -2.47. The van der Waals surface area contributed by atoms with Gasteiger partial charge in [-0.05, 0) is 79.9 Å². The van der Waals surface area contributed by atoms with E-state index < -0.39 is 12.1 Å². The second-order valence-electron chi connectivity index (χ2n) is 9.84. The molecule has 2 aliphatic carbocycles. The van der Waals surface area contributed by atoms with Crippen LogP contribution in [0.5, 0.6) is 5.75 Å². The zero-order valence-corrected chi connectivity index (χ0v) is 19.1. The van der Waals surface area contributed by atoms with Crippen LogP contribution in [0.2, 0.25) is 0 Å². The Labute approximate surface area is 186 Å². The van der Waals surface area contributed by atoms with Gasteiger partial charge in [0, 0.05) is 0 Å². The largest absolute Gasteiger partial charge is 0.428 e. The topological polar surface area (TPSA) is 9.23 Å². The van der Waals surface area contributed by atoms with Gasteiger partial charge < -0.3 is 4.74 Å². The summed E-state index contributed by atoms with van der Waals surface area (Å²) in [4.78, 5) is 0. The van der Waals surface area contributed by atoms with Crippen LogP contribution in [0.1, 0.15) is 115 Å². The second kappa shape index (κ2) is 12.0. The highest BCUT2D eigenvalue weighted by Gasteiger charge is 2.40. The molecule has 0 aromatic heterocycles. The molecule has 0 N–H and O–H groups in total. The average molecular weight is 437 g/mol. The van der Waals surface area contributed by atoms with Crippen LogP contribution < -0.4 is 4.74 Å². The van der Waals surface area contributed by atoms with Gasteiger partial charge in [0.15, 0.2) is 0 Å². The summed E-state index contributed by atoms with van der Waals surface area (Å²) < 4.78 is 42.0. The van der Waals surface area contributed by atoms with E-state index in [1.54, 1.807) is 12.1 Å². The van der Waals surface area contributed by atoms with Crippen LogP contribution in [0.15, 0.2) is 36.4 Å². The Morgan fingerprint density at radius 1 is 0.871 bits per heavy atom. The highest BCUT2D eigenvalue weighted by molar-refractivity contribution is 5.30. The summed E-state index contributed by atoms with van der Waals surface area (Å²) in [5.41, 5.74) is 1.79. The SMILES string of the molecule is CCCCCCCC1([C@H]2CC[C@H](c3ccc(OC(F)=C(F)F)cc3)CC2)CCCCC1. The predicted octanol–water partition coefficient (Wildman–Crippen LogP) is 9.69. The molecular weight excluding hydrogens is 397 g/mol. The normalized spacial score (nSPS) is 23.4. The molecule has 31 heavy (non-hydrogen) atoms. The molecule has 0 saturated heterocycles. The highest BCUT2D eigenvalue weighted by Crippen LogP contribution is 2.53. The number of hydrogen-bond acceptors (Lipinski definition) is 1. The molecule has 0 spiro atoms. The molecule has 1 aromatic carbocycles. The fourth-order valence-corrected chi connectivity index (χ4v) is 6.19. The van der Waals surface area contributed by atoms with E-state index in [0.29, 0.717) is 11.3 Å². The van der Waals surface area contributed by atoms with Gasteiger partial charge in [0.1, 0.15) is 5.75 Å². The van der Waals surface area contributed by atoms with Crippen molar-refractivity contribution in [3.05, 3.63) is 41.9 Å². The first-order chi connectivity index (χ1) is 15.0. The van der Waals surface area contributed by atoms with E-state index in [2.05, 4.69) is 11.7 Å². The highest BCUT2D eigenvalue weighted by atomic mass is 19.3. The zero-order valence-electron chi connectivity index (χ0n) is 19.1. The lowest BCUT2D eigenvalue weighted by Crippen LogP contribution is -2.35. The van der Waals surface area contributed by atoms with Gasteiger partial charge in [-0.25, -0.2) is 0 Å². The first kappa shape index (κ1) is 24.2. The van der Waals surface area contributed by atoms with Gasteiger partial charge in [0.25, 0.3) is 0 Å². The van der Waals surface area contributed by atoms with Gasteiger partial charge in [-0.1, -0.05) is 70.4 Å². The molecule has 2 saturated carbocycles. The molecule has 0 bridgehead atoms. The number of benzene rings is 1. The molecule has 0 aliphatic heterocycles. The first-order valence-electron chi connectivity index (χ1n) is 12.5. The van der Waals surface area contributed by atoms with Gasteiger partial charge >= 0.3 is 12.1 Å². The standard InChI is InChI=1S/C27H39F3O/c1-2-3-4-5-7-18-27(19-8-6-9-20-27)23-14-10-21(11-15-23)22-12-16-24(17-13-22)31-26(30)25(28)29/h12-13,16-17,21,23H,2-11,14-15,18-20H2,1H3/t21-,23-. The molecule has 0 atom stereocenters. The Balaban J connectivity index is 1.54. The summed E-state index contributed by atoms with van der Waals surface area (Å²) in [5.74, 6) is 1.48. The zero-order chi connectivity index (χ0) is 22.1. The molecule has 0 amide bonds. The van der Waals surface area contributed by atoms with E-state index in [-0.39, 0.29) is 5.75 Å². The van der Waals surface area contributed by atoms with Crippen molar-refractivity contribution in [1.29, 1.82) is 0 Å². The third-order valence-corrected chi connectivity index (χ3v) is 7.93. The monoisotopic (exact) mass is 436 g/mol. The Morgan fingerprint density at radius 3 is 2.13 bits per heavy atom. The minimum atomic E-state index is -2.43. The maximum atomic E-state index is 13.0. The Bertz CT molecular complexity index is 679. The van der Waals surface area contributed by atoms with Crippen LogP contribution in [0.25, 0.3) is 0 Å². The van der Waals surface area contributed by atoms with Crippen molar-refractivity contribution < 1.29 is 17.9 Å². The van der Waals surface area contributed by atoms with Crippen molar-refractivity contribution in [2.24, 2.45) is 11.3 Å². The third kappa shape index (κ3) is 6.76. The lowest BCUT2D eigenvalue weighted by molar-refractivity contribution is 0.0506. The van der Waals surface area contributed by atoms with Gasteiger partial charge in [0.05, 0.1) is 0 Å². The molecule has 0 unspecified atom stereocenters. The molecule has 2 fully saturated rings. The van der Waals surface area contributed by atoms with Crippen LogP contribution in [0.3, 0.4) is 0 Å². The van der Waals surface area contributed by atoms with Crippen LogP contribution >= 0.6 is 0 Å². The molecule has 0 radical (unpaired) electrons.